The van der Waals surface area contributed by atoms with Gasteiger partial charge in [-0.1, -0.05) is 50.0 Å². The Labute approximate surface area is 169 Å². The second-order valence-corrected chi connectivity index (χ2v) is 7.25. The van der Waals surface area contributed by atoms with Crippen molar-refractivity contribution in [2.24, 2.45) is 0 Å². The lowest BCUT2D eigenvalue weighted by Crippen LogP contribution is -2.07. The van der Waals surface area contributed by atoms with Crippen LogP contribution in [-0.4, -0.2) is 22.6 Å². The van der Waals surface area contributed by atoms with E-state index >= 15 is 0 Å². The molecule has 0 aromatic carbocycles. The highest BCUT2D eigenvalue weighted by atomic mass is 16.4. The molecular weight excluding hydrogens is 352 g/mol. The molecule has 1 rings (SSSR count). The first-order chi connectivity index (χ1) is 13.6. The quantitative estimate of drug-likeness (QED) is 0.204. The number of aliphatic carboxylic acids is 1. The van der Waals surface area contributed by atoms with Crippen LogP contribution in [0.5, 0.6) is 0 Å². The Bertz CT molecular complexity index is 608. The van der Waals surface area contributed by atoms with Crippen molar-refractivity contribution in [2.75, 3.05) is 0 Å². The lowest BCUT2D eigenvalue weighted by molar-refractivity contribution is -0.137. The fourth-order valence-corrected chi connectivity index (χ4v) is 3.08. The van der Waals surface area contributed by atoms with Crippen LogP contribution in [-0.2, 0) is 14.4 Å². The molecule has 28 heavy (non-hydrogen) atoms. The van der Waals surface area contributed by atoms with Gasteiger partial charge in [-0.05, 0) is 69.6 Å². The van der Waals surface area contributed by atoms with Gasteiger partial charge in [0.15, 0.2) is 11.6 Å². The summed E-state index contributed by atoms with van der Waals surface area (Å²) in [5, 5.41) is 8.55. The first-order valence-corrected chi connectivity index (χ1v) is 10.6. The maximum atomic E-state index is 11.6. The number of unbranched alkanes of at least 4 members (excludes halogenated alkanes) is 8. The van der Waals surface area contributed by atoms with E-state index in [0.29, 0.717) is 18.4 Å². The zero-order valence-corrected chi connectivity index (χ0v) is 16.9. The van der Waals surface area contributed by atoms with Crippen LogP contribution in [0.3, 0.4) is 0 Å². The molecule has 0 atom stereocenters. The molecule has 0 aromatic rings. The summed E-state index contributed by atoms with van der Waals surface area (Å²) in [5.41, 5.74) is 0.647. The molecule has 0 aliphatic heterocycles. The van der Waals surface area contributed by atoms with Gasteiger partial charge in [-0.15, -0.1) is 0 Å². The van der Waals surface area contributed by atoms with E-state index in [1.807, 2.05) is 0 Å². The summed E-state index contributed by atoms with van der Waals surface area (Å²) in [7, 11) is 0. The lowest BCUT2D eigenvalue weighted by atomic mass is 9.98. The summed E-state index contributed by atoms with van der Waals surface area (Å²) in [6.07, 6.45) is 25.5. The van der Waals surface area contributed by atoms with Crippen LogP contribution < -0.4 is 0 Å². The first kappa shape index (κ1) is 23.8. The van der Waals surface area contributed by atoms with Crippen LogP contribution in [0.1, 0.15) is 83.5 Å². The van der Waals surface area contributed by atoms with E-state index < -0.39 is 5.97 Å². The topological polar surface area (TPSA) is 71.4 Å². The Morgan fingerprint density at radius 2 is 1.39 bits per heavy atom. The van der Waals surface area contributed by atoms with Gasteiger partial charge < -0.3 is 5.11 Å². The highest BCUT2D eigenvalue weighted by Gasteiger charge is 2.12. The lowest BCUT2D eigenvalue weighted by Gasteiger charge is -2.06. The number of rotatable bonds is 16. The molecular formula is C24H34O4. The van der Waals surface area contributed by atoms with E-state index in [-0.39, 0.29) is 11.6 Å². The average Bonchev–Trinajstić information content (AvgIpc) is 2.66. The summed E-state index contributed by atoms with van der Waals surface area (Å²) in [6.45, 7) is 0. The number of allylic oxidation sites excluding steroid dienone is 8. The minimum absolute atomic E-state index is 0.0236. The Hall–Kier alpha value is -2.23. The molecule has 1 aliphatic rings. The average molecular weight is 387 g/mol. The van der Waals surface area contributed by atoms with Crippen LogP contribution >= 0.6 is 0 Å². The number of hydrogen-bond acceptors (Lipinski definition) is 3. The SMILES string of the molecule is O=C1C=CC(=O)C(CCCCC/C=C\C/C=C\CCCCCCCC(=O)O)=C1. The maximum absolute atomic E-state index is 11.6. The van der Waals surface area contributed by atoms with Crippen LogP contribution in [0.25, 0.3) is 0 Å². The third-order valence-corrected chi connectivity index (χ3v) is 4.72. The fraction of sp³-hybridized carbons (Fsp3) is 0.542. The van der Waals surface area contributed by atoms with Crippen molar-refractivity contribution in [1.82, 2.24) is 0 Å². The van der Waals surface area contributed by atoms with E-state index in [1.165, 1.54) is 31.1 Å². The molecule has 1 N–H and O–H groups in total. The van der Waals surface area contributed by atoms with Gasteiger partial charge in [0.05, 0.1) is 0 Å². The number of ketones is 2. The van der Waals surface area contributed by atoms with Crippen LogP contribution in [0.4, 0.5) is 0 Å². The predicted molar refractivity (Wildman–Crippen MR) is 113 cm³/mol. The molecule has 0 saturated heterocycles. The molecule has 0 unspecified atom stereocenters. The maximum Gasteiger partial charge on any atom is 0.303 e. The summed E-state index contributed by atoms with van der Waals surface area (Å²) in [6, 6.07) is 0. The minimum atomic E-state index is -0.695. The monoisotopic (exact) mass is 386 g/mol. The van der Waals surface area contributed by atoms with Gasteiger partial charge in [-0.3, -0.25) is 14.4 Å². The Balaban J connectivity index is 1.89. The third kappa shape index (κ3) is 13.0. The fourth-order valence-electron chi connectivity index (χ4n) is 3.08. The van der Waals surface area contributed by atoms with Crippen LogP contribution in [0.15, 0.2) is 48.1 Å². The second-order valence-electron chi connectivity index (χ2n) is 7.25. The van der Waals surface area contributed by atoms with Gasteiger partial charge in [0.2, 0.25) is 0 Å². The number of carbonyl (C=O) groups is 3. The Morgan fingerprint density at radius 1 is 0.786 bits per heavy atom. The van der Waals surface area contributed by atoms with E-state index in [4.69, 9.17) is 5.11 Å². The van der Waals surface area contributed by atoms with E-state index in [9.17, 15) is 14.4 Å². The number of carbonyl (C=O) groups excluding carboxylic acids is 2. The molecule has 0 fully saturated rings. The molecule has 0 saturated carbocycles. The van der Waals surface area contributed by atoms with Crippen molar-refractivity contribution in [1.29, 1.82) is 0 Å². The largest absolute Gasteiger partial charge is 0.481 e. The summed E-state index contributed by atoms with van der Waals surface area (Å²) in [4.78, 5) is 33.3. The number of carboxylic acids is 1. The molecule has 4 heteroatoms. The molecule has 0 amide bonds. The Morgan fingerprint density at radius 3 is 2.07 bits per heavy atom. The molecule has 154 valence electrons. The molecule has 0 aromatic heterocycles. The van der Waals surface area contributed by atoms with E-state index in [0.717, 1.165) is 57.8 Å². The normalized spacial score (nSPS) is 14.4. The van der Waals surface area contributed by atoms with Crippen molar-refractivity contribution >= 4 is 17.5 Å². The second kappa shape index (κ2) is 15.8. The number of carboxylic acid groups (broad SMARTS) is 1. The first-order valence-electron chi connectivity index (χ1n) is 10.6. The summed E-state index contributed by atoms with van der Waals surface area (Å²) in [5.74, 6) is -0.800. The van der Waals surface area contributed by atoms with Crippen molar-refractivity contribution in [3.05, 3.63) is 48.1 Å². The smallest absolute Gasteiger partial charge is 0.303 e. The van der Waals surface area contributed by atoms with Crippen molar-refractivity contribution in [3.8, 4) is 0 Å². The van der Waals surface area contributed by atoms with E-state index in [2.05, 4.69) is 24.3 Å². The van der Waals surface area contributed by atoms with Crippen molar-refractivity contribution in [2.45, 2.75) is 83.5 Å². The van der Waals surface area contributed by atoms with Gasteiger partial charge in [0.25, 0.3) is 0 Å². The van der Waals surface area contributed by atoms with Crippen molar-refractivity contribution < 1.29 is 19.5 Å². The molecule has 1 aliphatic carbocycles. The number of hydrogen-bond donors (Lipinski definition) is 1. The van der Waals surface area contributed by atoms with Crippen LogP contribution in [0.2, 0.25) is 0 Å². The zero-order valence-electron chi connectivity index (χ0n) is 16.9. The standard InChI is InChI=1S/C24H34O4/c25-22-18-19-23(26)21(20-22)16-14-12-10-8-6-4-2-1-3-5-7-9-11-13-15-17-24(27)28/h1,3-4,6,18-20H,2,5,7-17H2,(H,27,28)/b3-1-,6-4-. The van der Waals surface area contributed by atoms with Gasteiger partial charge in [-0.2, -0.15) is 0 Å². The predicted octanol–water partition coefficient (Wildman–Crippen LogP) is 5.89. The van der Waals surface area contributed by atoms with E-state index in [1.54, 1.807) is 0 Å². The highest BCUT2D eigenvalue weighted by Crippen LogP contribution is 2.15. The molecule has 4 nitrogen and oxygen atoms in total. The van der Waals surface area contributed by atoms with Gasteiger partial charge in [0, 0.05) is 12.0 Å². The summed E-state index contributed by atoms with van der Waals surface area (Å²) < 4.78 is 0. The third-order valence-electron chi connectivity index (χ3n) is 4.72. The Kier molecular flexibility index (Phi) is 13.4. The van der Waals surface area contributed by atoms with Gasteiger partial charge >= 0.3 is 5.97 Å². The zero-order chi connectivity index (χ0) is 20.5. The molecule has 0 bridgehead atoms. The molecule has 0 radical (unpaired) electrons. The van der Waals surface area contributed by atoms with Gasteiger partial charge in [0.1, 0.15) is 0 Å². The highest BCUT2D eigenvalue weighted by molar-refractivity contribution is 6.17. The van der Waals surface area contributed by atoms with Gasteiger partial charge in [-0.25, -0.2) is 0 Å². The van der Waals surface area contributed by atoms with Crippen molar-refractivity contribution in [3.63, 3.8) is 0 Å². The molecule has 0 spiro atoms. The minimum Gasteiger partial charge on any atom is -0.481 e. The summed E-state index contributed by atoms with van der Waals surface area (Å²) >= 11 is 0. The van der Waals surface area contributed by atoms with Crippen LogP contribution in [0, 0.1) is 0 Å². The molecule has 0 heterocycles.